The molecule has 0 N–H and O–H groups in total. The molecule has 0 radical (unpaired) electrons. The summed E-state index contributed by atoms with van der Waals surface area (Å²) in [5, 5.41) is 4.89. The topological polar surface area (TPSA) is 16.4 Å². The Morgan fingerprint density at radius 1 is 0.373 bits per heavy atom. The molecule has 0 unspecified atom stereocenters. The fourth-order valence-electron chi connectivity index (χ4n) is 7.50. The molecule has 3 heteroatoms. The molecule has 0 saturated carbocycles. The number of anilines is 3. The van der Waals surface area contributed by atoms with E-state index >= 15 is 0 Å². The molecule has 2 heterocycles. The van der Waals surface area contributed by atoms with Gasteiger partial charge in [0, 0.05) is 47.9 Å². The summed E-state index contributed by atoms with van der Waals surface area (Å²) in [5.41, 5.74) is 12.2. The van der Waals surface area contributed by atoms with Gasteiger partial charge in [-0.25, -0.2) is 0 Å². The predicted octanol–water partition coefficient (Wildman–Crippen LogP) is 14.4. The van der Waals surface area contributed by atoms with E-state index in [1.807, 2.05) is 11.3 Å². The molecule has 0 aliphatic heterocycles. The Balaban J connectivity index is 1.19. The molecule has 0 aliphatic rings. The van der Waals surface area contributed by atoms with E-state index < -0.39 is 0 Å². The Kier molecular flexibility index (Phi) is 7.04. The van der Waals surface area contributed by atoms with Crippen LogP contribution in [0.3, 0.4) is 0 Å². The highest BCUT2D eigenvalue weighted by Crippen LogP contribution is 2.48. The van der Waals surface area contributed by atoms with Crippen molar-refractivity contribution in [2.75, 3.05) is 4.90 Å². The zero-order chi connectivity index (χ0) is 33.7. The van der Waals surface area contributed by atoms with Crippen molar-refractivity contribution >= 4 is 70.5 Å². The summed E-state index contributed by atoms with van der Waals surface area (Å²) in [7, 11) is 0. The molecule has 10 aromatic rings. The predicted molar refractivity (Wildman–Crippen MR) is 218 cm³/mol. The van der Waals surface area contributed by atoms with E-state index in [1.165, 1.54) is 47.8 Å². The lowest BCUT2D eigenvalue weighted by atomic mass is 9.96. The molecule has 8 aromatic carbocycles. The molecule has 0 fully saturated rings. The normalized spacial score (nSPS) is 11.5. The largest absolute Gasteiger partial charge is 0.456 e. The summed E-state index contributed by atoms with van der Waals surface area (Å²) >= 11 is 1.85. The zero-order valence-electron chi connectivity index (χ0n) is 27.7. The number of benzene rings is 8. The van der Waals surface area contributed by atoms with Gasteiger partial charge in [0.05, 0.1) is 5.69 Å². The minimum atomic E-state index is 0.897. The van der Waals surface area contributed by atoms with Crippen LogP contribution in [-0.2, 0) is 0 Å². The molecule has 0 bridgehead atoms. The van der Waals surface area contributed by atoms with Crippen molar-refractivity contribution in [2.24, 2.45) is 0 Å². The van der Waals surface area contributed by atoms with Crippen molar-refractivity contribution in [2.45, 2.75) is 0 Å². The van der Waals surface area contributed by atoms with E-state index in [4.69, 9.17) is 4.42 Å². The first-order valence-electron chi connectivity index (χ1n) is 17.3. The van der Waals surface area contributed by atoms with Crippen molar-refractivity contribution in [3.05, 3.63) is 188 Å². The average Bonchev–Trinajstić information content (AvgIpc) is 3.78. The van der Waals surface area contributed by atoms with E-state index in [0.29, 0.717) is 0 Å². The average molecular weight is 670 g/mol. The molecule has 0 aliphatic carbocycles. The van der Waals surface area contributed by atoms with Crippen LogP contribution >= 0.6 is 11.3 Å². The summed E-state index contributed by atoms with van der Waals surface area (Å²) in [6.45, 7) is 0. The van der Waals surface area contributed by atoms with Gasteiger partial charge in [0.2, 0.25) is 0 Å². The van der Waals surface area contributed by atoms with Crippen molar-refractivity contribution in [1.29, 1.82) is 0 Å². The van der Waals surface area contributed by atoms with Crippen LogP contribution in [0.4, 0.5) is 17.1 Å². The van der Waals surface area contributed by atoms with E-state index in [9.17, 15) is 0 Å². The lowest BCUT2D eigenvalue weighted by Crippen LogP contribution is -2.11. The quantitative estimate of drug-likeness (QED) is 0.175. The van der Waals surface area contributed by atoms with Gasteiger partial charge in [0.25, 0.3) is 0 Å². The standard InChI is InChI=1S/C48H31NOS/c1-3-12-32(13-4-1)34-22-26-36(27-23-34)49(37-28-24-35(25-29-37)33-14-5-2-6-15-33)42-19-9-7-16-38(42)40-18-11-20-43-46(40)47-44(50-43)31-30-41-39-17-8-10-21-45(39)51-48(41)47/h1-31H. The van der Waals surface area contributed by atoms with Crippen LogP contribution in [0.1, 0.15) is 0 Å². The second-order valence-corrected chi connectivity index (χ2v) is 13.9. The Morgan fingerprint density at radius 3 is 1.61 bits per heavy atom. The Morgan fingerprint density at radius 2 is 0.922 bits per heavy atom. The van der Waals surface area contributed by atoms with Crippen molar-refractivity contribution in [1.82, 2.24) is 0 Å². The third kappa shape index (κ3) is 5.01. The van der Waals surface area contributed by atoms with Crippen LogP contribution in [0.5, 0.6) is 0 Å². The van der Waals surface area contributed by atoms with Crippen molar-refractivity contribution in [3.8, 4) is 33.4 Å². The maximum absolute atomic E-state index is 6.59. The Bertz CT molecular complexity index is 2750. The minimum absolute atomic E-state index is 0.897. The van der Waals surface area contributed by atoms with Gasteiger partial charge in [-0.15, -0.1) is 11.3 Å². The lowest BCUT2D eigenvalue weighted by molar-refractivity contribution is 0.669. The number of hydrogen-bond donors (Lipinski definition) is 0. The summed E-state index contributed by atoms with van der Waals surface area (Å²) in [6, 6.07) is 67.2. The van der Waals surface area contributed by atoms with Crippen molar-refractivity contribution < 1.29 is 4.42 Å². The fraction of sp³-hybridized carbons (Fsp3) is 0. The minimum Gasteiger partial charge on any atom is -0.456 e. The highest BCUT2D eigenvalue weighted by atomic mass is 32.1. The summed E-state index contributed by atoms with van der Waals surface area (Å²) < 4.78 is 9.15. The lowest BCUT2D eigenvalue weighted by Gasteiger charge is -2.28. The SMILES string of the molecule is c1ccc(-c2ccc(N(c3ccc(-c4ccccc4)cc3)c3ccccc3-c3cccc4oc5ccc6c7ccccc7sc6c5c34)cc2)cc1. The van der Waals surface area contributed by atoms with Gasteiger partial charge in [0.15, 0.2) is 0 Å². The third-order valence-corrected chi connectivity index (χ3v) is 11.1. The molecule has 240 valence electrons. The molecular formula is C48H31NOS. The summed E-state index contributed by atoms with van der Waals surface area (Å²) in [6.07, 6.45) is 0. The zero-order valence-corrected chi connectivity index (χ0v) is 28.5. The number of fused-ring (bicyclic) bond motifs is 7. The molecule has 2 nitrogen and oxygen atoms in total. The van der Waals surface area contributed by atoms with Crippen LogP contribution in [-0.4, -0.2) is 0 Å². The highest BCUT2D eigenvalue weighted by Gasteiger charge is 2.22. The molecule has 0 saturated heterocycles. The number of rotatable bonds is 6. The number of nitrogens with zero attached hydrogens (tertiary/aromatic N) is 1. The van der Waals surface area contributed by atoms with Crippen LogP contribution in [0.2, 0.25) is 0 Å². The van der Waals surface area contributed by atoms with Crippen LogP contribution in [0.25, 0.3) is 75.5 Å². The van der Waals surface area contributed by atoms with Crippen LogP contribution < -0.4 is 4.90 Å². The van der Waals surface area contributed by atoms with Crippen molar-refractivity contribution in [3.63, 3.8) is 0 Å². The maximum Gasteiger partial charge on any atom is 0.136 e. The Hall–Kier alpha value is -6.42. The van der Waals surface area contributed by atoms with Gasteiger partial charge in [-0.2, -0.15) is 0 Å². The molecule has 0 atom stereocenters. The van der Waals surface area contributed by atoms with Gasteiger partial charge in [-0.3, -0.25) is 0 Å². The fourth-order valence-corrected chi connectivity index (χ4v) is 8.75. The van der Waals surface area contributed by atoms with Gasteiger partial charge in [-0.05, 0) is 82.4 Å². The molecule has 0 amide bonds. The van der Waals surface area contributed by atoms with Gasteiger partial charge >= 0.3 is 0 Å². The molecule has 0 spiro atoms. The van der Waals surface area contributed by atoms with Gasteiger partial charge in [-0.1, -0.05) is 133 Å². The second kappa shape index (κ2) is 12.2. The number of furan rings is 1. The molecule has 51 heavy (non-hydrogen) atoms. The first kappa shape index (κ1) is 29.5. The van der Waals surface area contributed by atoms with Crippen LogP contribution in [0, 0.1) is 0 Å². The van der Waals surface area contributed by atoms with E-state index in [0.717, 1.165) is 44.7 Å². The van der Waals surface area contributed by atoms with Gasteiger partial charge < -0.3 is 9.32 Å². The number of para-hydroxylation sites is 1. The number of thiophene rings is 1. The second-order valence-electron chi connectivity index (χ2n) is 12.9. The van der Waals surface area contributed by atoms with Gasteiger partial charge in [0.1, 0.15) is 11.2 Å². The molecular weight excluding hydrogens is 639 g/mol. The van der Waals surface area contributed by atoms with Crippen LogP contribution in [0.15, 0.2) is 192 Å². The Labute approximate surface area is 300 Å². The first-order valence-corrected chi connectivity index (χ1v) is 18.1. The highest BCUT2D eigenvalue weighted by molar-refractivity contribution is 7.26. The smallest absolute Gasteiger partial charge is 0.136 e. The first-order chi connectivity index (χ1) is 25.3. The van der Waals surface area contributed by atoms with E-state index in [1.54, 1.807) is 0 Å². The maximum atomic E-state index is 6.59. The summed E-state index contributed by atoms with van der Waals surface area (Å²) in [4.78, 5) is 2.38. The molecule has 10 rings (SSSR count). The molecule has 2 aromatic heterocycles. The summed E-state index contributed by atoms with van der Waals surface area (Å²) in [5.74, 6) is 0. The third-order valence-electron chi connectivity index (χ3n) is 9.91. The number of hydrogen-bond acceptors (Lipinski definition) is 3. The monoisotopic (exact) mass is 669 g/mol. The van der Waals surface area contributed by atoms with E-state index in [2.05, 4.69) is 193 Å². The van der Waals surface area contributed by atoms with E-state index in [-0.39, 0.29) is 0 Å².